The molecule has 19 heavy (non-hydrogen) atoms. The summed E-state index contributed by atoms with van der Waals surface area (Å²) in [6.07, 6.45) is 0. The van der Waals surface area contributed by atoms with E-state index in [-0.39, 0.29) is 12.5 Å². The smallest absolute Gasteiger partial charge is 0.312 e. The molecule has 1 aromatic heterocycles. The van der Waals surface area contributed by atoms with Gasteiger partial charge >= 0.3 is 6.03 Å². The van der Waals surface area contributed by atoms with Gasteiger partial charge in [0, 0.05) is 13.1 Å². The molecular formula is C12H16N4O2S. The molecule has 0 aliphatic rings. The SMILES string of the molecule is Cc1cc(C(=O)NCCNC(N)=O)sc1C#CCN. The van der Waals surface area contributed by atoms with Crippen molar-refractivity contribution in [3.8, 4) is 11.8 Å². The number of hydrogen-bond donors (Lipinski definition) is 4. The highest BCUT2D eigenvalue weighted by molar-refractivity contribution is 7.14. The lowest BCUT2D eigenvalue weighted by Crippen LogP contribution is -2.37. The maximum absolute atomic E-state index is 11.8. The normalized spacial score (nSPS) is 9.37. The van der Waals surface area contributed by atoms with Gasteiger partial charge in [-0.05, 0) is 18.6 Å². The van der Waals surface area contributed by atoms with Gasteiger partial charge in [-0.3, -0.25) is 4.79 Å². The van der Waals surface area contributed by atoms with E-state index < -0.39 is 6.03 Å². The highest BCUT2D eigenvalue weighted by Gasteiger charge is 2.10. The van der Waals surface area contributed by atoms with Crippen molar-refractivity contribution in [1.29, 1.82) is 0 Å². The fraction of sp³-hybridized carbons (Fsp3) is 0.333. The Kier molecular flexibility index (Phi) is 5.85. The van der Waals surface area contributed by atoms with Crippen LogP contribution in [0.3, 0.4) is 0 Å². The quantitative estimate of drug-likeness (QED) is 0.451. The molecule has 0 fully saturated rings. The van der Waals surface area contributed by atoms with Crippen molar-refractivity contribution in [1.82, 2.24) is 10.6 Å². The van der Waals surface area contributed by atoms with Crippen LogP contribution in [0.4, 0.5) is 4.79 Å². The molecule has 1 rings (SSSR count). The Morgan fingerprint density at radius 3 is 2.68 bits per heavy atom. The van der Waals surface area contributed by atoms with E-state index >= 15 is 0 Å². The summed E-state index contributed by atoms with van der Waals surface area (Å²) >= 11 is 1.32. The second-order valence-electron chi connectivity index (χ2n) is 3.68. The molecule has 0 saturated heterocycles. The first-order valence-corrected chi connectivity index (χ1v) is 6.47. The van der Waals surface area contributed by atoms with Gasteiger partial charge in [-0.1, -0.05) is 11.8 Å². The zero-order chi connectivity index (χ0) is 14.3. The number of aryl methyl sites for hydroxylation is 1. The Morgan fingerprint density at radius 1 is 1.37 bits per heavy atom. The topological polar surface area (TPSA) is 110 Å². The lowest BCUT2D eigenvalue weighted by Gasteiger charge is -2.03. The van der Waals surface area contributed by atoms with Crippen LogP contribution in [0.5, 0.6) is 0 Å². The number of rotatable bonds is 4. The summed E-state index contributed by atoms with van der Waals surface area (Å²) in [5.74, 6) is 5.48. The van der Waals surface area contributed by atoms with E-state index in [4.69, 9.17) is 11.5 Å². The largest absolute Gasteiger partial charge is 0.352 e. The van der Waals surface area contributed by atoms with E-state index in [0.717, 1.165) is 10.4 Å². The summed E-state index contributed by atoms with van der Waals surface area (Å²) in [6.45, 7) is 2.80. The van der Waals surface area contributed by atoms with Crippen LogP contribution < -0.4 is 22.1 Å². The molecule has 6 nitrogen and oxygen atoms in total. The third kappa shape index (κ3) is 4.99. The third-order valence-electron chi connectivity index (χ3n) is 2.16. The van der Waals surface area contributed by atoms with Crippen LogP contribution in [-0.4, -0.2) is 31.6 Å². The zero-order valence-corrected chi connectivity index (χ0v) is 11.4. The summed E-state index contributed by atoms with van der Waals surface area (Å²) < 4.78 is 0. The molecule has 0 aromatic carbocycles. The molecule has 0 aliphatic carbocycles. The Labute approximate surface area is 115 Å². The van der Waals surface area contributed by atoms with Crippen molar-refractivity contribution in [2.24, 2.45) is 11.5 Å². The van der Waals surface area contributed by atoms with E-state index in [1.807, 2.05) is 6.92 Å². The van der Waals surface area contributed by atoms with Crippen LogP contribution in [0.25, 0.3) is 0 Å². The number of carbonyl (C=O) groups excluding carboxylic acids is 2. The molecule has 0 aliphatic heterocycles. The Morgan fingerprint density at radius 2 is 2.05 bits per heavy atom. The third-order valence-corrected chi connectivity index (χ3v) is 3.31. The summed E-state index contributed by atoms with van der Waals surface area (Å²) in [4.78, 5) is 23.7. The molecule has 3 amide bonds. The van der Waals surface area contributed by atoms with Gasteiger partial charge < -0.3 is 22.1 Å². The van der Waals surface area contributed by atoms with Crippen molar-refractivity contribution >= 4 is 23.3 Å². The summed E-state index contributed by atoms with van der Waals surface area (Å²) in [5, 5.41) is 5.07. The minimum atomic E-state index is -0.611. The highest BCUT2D eigenvalue weighted by Crippen LogP contribution is 2.20. The van der Waals surface area contributed by atoms with Crippen LogP contribution in [0.1, 0.15) is 20.1 Å². The minimum absolute atomic E-state index is 0.194. The minimum Gasteiger partial charge on any atom is -0.352 e. The summed E-state index contributed by atoms with van der Waals surface area (Å²) in [7, 11) is 0. The first-order valence-electron chi connectivity index (χ1n) is 5.65. The Hall–Kier alpha value is -2.04. The molecule has 0 spiro atoms. The maximum Gasteiger partial charge on any atom is 0.312 e. The fourth-order valence-electron chi connectivity index (χ4n) is 1.30. The maximum atomic E-state index is 11.8. The van der Waals surface area contributed by atoms with Crippen molar-refractivity contribution in [3.05, 3.63) is 21.4 Å². The fourth-order valence-corrected chi connectivity index (χ4v) is 2.26. The van der Waals surface area contributed by atoms with Gasteiger partial charge in [0.05, 0.1) is 16.3 Å². The number of urea groups is 1. The average molecular weight is 280 g/mol. The predicted molar refractivity (Wildman–Crippen MR) is 74.9 cm³/mol. The lowest BCUT2D eigenvalue weighted by molar-refractivity contribution is 0.0958. The van der Waals surface area contributed by atoms with Crippen LogP contribution in [0.2, 0.25) is 0 Å². The van der Waals surface area contributed by atoms with Crippen molar-refractivity contribution < 1.29 is 9.59 Å². The number of nitrogens with two attached hydrogens (primary N) is 2. The number of thiophene rings is 1. The molecule has 1 aromatic rings. The zero-order valence-electron chi connectivity index (χ0n) is 10.6. The second kappa shape index (κ2) is 7.41. The number of amides is 3. The van der Waals surface area contributed by atoms with Gasteiger partial charge in [-0.25, -0.2) is 4.79 Å². The monoisotopic (exact) mass is 280 g/mol. The molecule has 0 unspecified atom stereocenters. The first-order chi connectivity index (χ1) is 9.04. The Bertz CT molecular complexity index is 528. The van der Waals surface area contributed by atoms with Gasteiger partial charge in [-0.2, -0.15) is 0 Å². The number of hydrogen-bond acceptors (Lipinski definition) is 4. The van der Waals surface area contributed by atoms with E-state index in [2.05, 4.69) is 22.5 Å². The molecule has 0 saturated carbocycles. The molecule has 0 radical (unpaired) electrons. The van der Waals surface area contributed by atoms with Gasteiger partial charge in [0.15, 0.2) is 0 Å². The molecule has 1 heterocycles. The van der Waals surface area contributed by atoms with Gasteiger partial charge in [0.2, 0.25) is 0 Å². The van der Waals surface area contributed by atoms with Crippen LogP contribution >= 0.6 is 11.3 Å². The first kappa shape index (κ1) is 15.0. The molecule has 6 N–H and O–H groups in total. The van der Waals surface area contributed by atoms with E-state index in [1.54, 1.807) is 6.07 Å². The van der Waals surface area contributed by atoms with E-state index in [0.29, 0.717) is 18.0 Å². The van der Waals surface area contributed by atoms with Crippen LogP contribution in [0, 0.1) is 18.8 Å². The van der Waals surface area contributed by atoms with E-state index in [9.17, 15) is 9.59 Å². The number of primary amides is 1. The second-order valence-corrected chi connectivity index (χ2v) is 4.73. The Balaban J connectivity index is 2.55. The molecule has 0 atom stereocenters. The average Bonchev–Trinajstić information content (AvgIpc) is 2.73. The van der Waals surface area contributed by atoms with Crippen LogP contribution in [0.15, 0.2) is 6.07 Å². The van der Waals surface area contributed by atoms with Gasteiger partial charge in [-0.15, -0.1) is 11.3 Å². The molecule has 7 heteroatoms. The van der Waals surface area contributed by atoms with E-state index in [1.165, 1.54) is 11.3 Å². The lowest BCUT2D eigenvalue weighted by atomic mass is 10.2. The number of nitrogens with one attached hydrogen (secondary N) is 2. The molecule has 0 bridgehead atoms. The number of carbonyl (C=O) groups is 2. The van der Waals surface area contributed by atoms with Crippen molar-refractivity contribution in [2.45, 2.75) is 6.92 Å². The van der Waals surface area contributed by atoms with Gasteiger partial charge in [0.1, 0.15) is 0 Å². The summed E-state index contributed by atoms with van der Waals surface area (Å²) in [6, 6.07) is 1.17. The summed E-state index contributed by atoms with van der Waals surface area (Å²) in [5.41, 5.74) is 11.2. The van der Waals surface area contributed by atoms with Crippen molar-refractivity contribution in [3.63, 3.8) is 0 Å². The standard InChI is InChI=1S/C12H16N4O2S/c1-8-7-10(19-9(8)3-2-4-13)11(17)15-5-6-16-12(14)18/h7H,4-6,13H2,1H3,(H,15,17)(H3,14,16,18). The van der Waals surface area contributed by atoms with Crippen LogP contribution in [-0.2, 0) is 0 Å². The van der Waals surface area contributed by atoms with Crippen molar-refractivity contribution in [2.75, 3.05) is 19.6 Å². The molecule has 102 valence electrons. The molecular weight excluding hydrogens is 264 g/mol. The predicted octanol–water partition coefficient (Wildman–Crippen LogP) is -0.235. The highest BCUT2D eigenvalue weighted by atomic mass is 32.1. The van der Waals surface area contributed by atoms with Gasteiger partial charge in [0.25, 0.3) is 5.91 Å².